The highest BCUT2D eigenvalue weighted by Gasteiger charge is 2.17. The molecule has 2 heterocycles. The van der Waals surface area contributed by atoms with Crippen LogP contribution in [0.1, 0.15) is 22.3 Å². The van der Waals surface area contributed by atoms with Crippen LogP contribution in [0.4, 0.5) is 29.1 Å². The molecule has 2 N–H and O–H groups in total. The number of aryl methyl sites for hydroxylation is 3. The maximum absolute atomic E-state index is 12.9. The van der Waals surface area contributed by atoms with Gasteiger partial charge in [0, 0.05) is 32.2 Å². The Morgan fingerprint density at radius 2 is 1.67 bits per heavy atom. The molecule has 5 aromatic rings. The van der Waals surface area contributed by atoms with E-state index >= 15 is 0 Å². The smallest absolute Gasteiger partial charge is 0.231 e. The zero-order valence-electron chi connectivity index (χ0n) is 24.2. The van der Waals surface area contributed by atoms with Crippen LogP contribution in [0.3, 0.4) is 0 Å². The topological polar surface area (TPSA) is 122 Å². The molecule has 0 spiro atoms. The maximum Gasteiger partial charge on any atom is 0.231 e. The third-order valence-electron chi connectivity index (χ3n) is 6.77. The van der Waals surface area contributed by atoms with Crippen LogP contribution in [0.5, 0.6) is 0 Å². The van der Waals surface area contributed by atoms with Crippen LogP contribution >= 0.6 is 0 Å². The highest BCUT2D eigenvalue weighted by atomic mass is 32.2. The van der Waals surface area contributed by atoms with Gasteiger partial charge < -0.3 is 14.8 Å². The summed E-state index contributed by atoms with van der Waals surface area (Å²) in [6, 6.07) is 20.9. The normalized spacial score (nSPS) is 11.5. The number of carbonyl (C=O) groups is 1. The van der Waals surface area contributed by atoms with Crippen LogP contribution in [0.15, 0.2) is 72.9 Å². The van der Waals surface area contributed by atoms with Gasteiger partial charge in [0.25, 0.3) is 0 Å². The summed E-state index contributed by atoms with van der Waals surface area (Å²) in [6.45, 7) is 4.05. The number of nitrogens with one attached hydrogen (secondary N) is 2. The van der Waals surface area contributed by atoms with Gasteiger partial charge in [0.05, 0.1) is 23.4 Å². The molecule has 0 bridgehead atoms. The van der Waals surface area contributed by atoms with Gasteiger partial charge in [-0.1, -0.05) is 47.5 Å². The summed E-state index contributed by atoms with van der Waals surface area (Å²) in [5.74, 6) is 1.34. The molecule has 3 aromatic carbocycles. The highest BCUT2D eigenvalue weighted by Crippen LogP contribution is 2.31. The lowest BCUT2D eigenvalue weighted by Crippen LogP contribution is -2.17. The number of imidazole rings is 1. The van der Waals surface area contributed by atoms with Gasteiger partial charge in [-0.05, 0) is 55.3 Å². The van der Waals surface area contributed by atoms with Crippen molar-refractivity contribution in [2.75, 3.05) is 28.8 Å². The lowest BCUT2D eigenvalue weighted by atomic mass is 10.0. The summed E-state index contributed by atoms with van der Waals surface area (Å²) in [6.07, 6.45) is 3.14. The molecule has 0 radical (unpaired) electrons. The van der Waals surface area contributed by atoms with E-state index in [1.54, 1.807) is 36.5 Å². The number of fused-ring (bicyclic) bond motifs is 1. The third kappa shape index (κ3) is 6.74. The lowest BCUT2D eigenvalue weighted by molar-refractivity contribution is -0.115. The average Bonchev–Trinajstić information content (AvgIpc) is 3.23. The highest BCUT2D eigenvalue weighted by molar-refractivity contribution is 7.89. The maximum atomic E-state index is 12.9. The summed E-state index contributed by atoms with van der Waals surface area (Å²) >= 11 is 0. The first-order valence-electron chi connectivity index (χ1n) is 13.4. The zero-order chi connectivity index (χ0) is 30.0. The zero-order valence-corrected chi connectivity index (χ0v) is 25.0. The molecule has 5 rings (SSSR count). The van der Waals surface area contributed by atoms with E-state index in [0.29, 0.717) is 23.3 Å². The number of benzene rings is 3. The molecule has 0 aliphatic rings. The second kappa shape index (κ2) is 11.6. The fourth-order valence-corrected chi connectivity index (χ4v) is 5.74. The van der Waals surface area contributed by atoms with Crippen LogP contribution in [-0.2, 0) is 33.9 Å². The molecule has 0 atom stereocenters. The van der Waals surface area contributed by atoms with Crippen molar-refractivity contribution in [1.29, 1.82) is 0 Å². The monoisotopic (exact) mass is 583 g/mol. The van der Waals surface area contributed by atoms with Crippen molar-refractivity contribution >= 4 is 55.9 Å². The van der Waals surface area contributed by atoms with Crippen LogP contribution in [-0.4, -0.2) is 47.1 Å². The fraction of sp³-hybridized carbons (Fsp3) is 0.226. The molecular weight excluding hydrogens is 550 g/mol. The summed E-state index contributed by atoms with van der Waals surface area (Å²) in [4.78, 5) is 28.6. The van der Waals surface area contributed by atoms with E-state index in [2.05, 4.69) is 26.7 Å². The van der Waals surface area contributed by atoms with Crippen molar-refractivity contribution < 1.29 is 13.2 Å². The molecular formula is C31H33N7O3S. The van der Waals surface area contributed by atoms with E-state index < -0.39 is 9.84 Å². The van der Waals surface area contributed by atoms with E-state index in [9.17, 15) is 13.2 Å². The first-order valence-corrected chi connectivity index (χ1v) is 15.4. The Bertz CT molecular complexity index is 1860. The number of amides is 1. The summed E-state index contributed by atoms with van der Waals surface area (Å²) < 4.78 is 25.0. The molecule has 0 unspecified atom stereocenters. The van der Waals surface area contributed by atoms with Gasteiger partial charge in [0.15, 0.2) is 9.84 Å². The van der Waals surface area contributed by atoms with Gasteiger partial charge in [0.2, 0.25) is 17.8 Å². The van der Waals surface area contributed by atoms with Gasteiger partial charge in [0.1, 0.15) is 11.3 Å². The number of rotatable bonds is 9. The van der Waals surface area contributed by atoms with E-state index in [1.165, 1.54) is 6.26 Å². The van der Waals surface area contributed by atoms with Gasteiger partial charge in [-0.3, -0.25) is 10.1 Å². The Morgan fingerprint density at radius 3 is 2.36 bits per heavy atom. The second-order valence-corrected chi connectivity index (χ2v) is 12.7. The third-order valence-corrected chi connectivity index (χ3v) is 7.63. The van der Waals surface area contributed by atoms with Crippen LogP contribution in [0.25, 0.3) is 11.0 Å². The number of hydrogen-bond acceptors (Lipinski definition) is 8. The predicted octanol–water partition coefficient (Wildman–Crippen LogP) is 5.22. The molecule has 0 saturated heterocycles. The number of nitrogens with zero attached hydrogens (tertiary/aromatic N) is 5. The van der Waals surface area contributed by atoms with Crippen LogP contribution in [0.2, 0.25) is 0 Å². The van der Waals surface area contributed by atoms with Gasteiger partial charge in [-0.25, -0.2) is 18.4 Å². The quantitative estimate of drug-likeness (QED) is 0.242. The number of anilines is 5. The molecule has 216 valence electrons. The van der Waals surface area contributed by atoms with Crippen molar-refractivity contribution in [2.45, 2.75) is 26.0 Å². The molecule has 11 heteroatoms. The minimum Gasteiger partial charge on any atom is -0.327 e. The lowest BCUT2D eigenvalue weighted by Gasteiger charge is -2.19. The van der Waals surface area contributed by atoms with Gasteiger partial charge in [-0.15, -0.1) is 0 Å². The molecule has 1 amide bonds. The largest absolute Gasteiger partial charge is 0.327 e. The summed E-state index contributed by atoms with van der Waals surface area (Å²) in [7, 11) is 0.664. The predicted molar refractivity (Wildman–Crippen MR) is 167 cm³/mol. The Morgan fingerprint density at radius 1 is 0.952 bits per heavy atom. The molecule has 0 aliphatic carbocycles. The standard InChI is InChI=1S/C31H33N7O3S/c1-20-15-21(2)17-23(16-20)18-28(39)35-31-36-29-25(7-6-8-26(29)38(31)4)37(3)27-13-14-32-30(34-27)33-24-11-9-22(10-12-24)19-42(5,40)41/h6-17H,18-19H2,1-5H3,(H,32,33,34)(H,35,36,39). The minimum absolute atomic E-state index is 0.0130. The van der Waals surface area contributed by atoms with Gasteiger partial charge in [-0.2, -0.15) is 4.98 Å². The molecule has 0 saturated carbocycles. The van der Waals surface area contributed by atoms with E-state index in [1.807, 2.05) is 67.7 Å². The van der Waals surface area contributed by atoms with E-state index in [-0.39, 0.29) is 18.1 Å². The number of aromatic nitrogens is 4. The summed E-state index contributed by atoms with van der Waals surface area (Å²) in [5, 5.41) is 6.14. The van der Waals surface area contributed by atoms with Gasteiger partial charge >= 0.3 is 0 Å². The summed E-state index contributed by atoms with van der Waals surface area (Å²) in [5.41, 5.74) is 7.05. The van der Waals surface area contributed by atoms with Crippen LogP contribution < -0.4 is 15.5 Å². The Labute approximate surface area is 245 Å². The van der Waals surface area contributed by atoms with Crippen molar-refractivity contribution in [3.63, 3.8) is 0 Å². The molecule has 2 aromatic heterocycles. The molecule has 0 aliphatic heterocycles. The Hall–Kier alpha value is -4.77. The average molecular weight is 584 g/mol. The Kier molecular flexibility index (Phi) is 7.95. The number of hydrogen-bond donors (Lipinski definition) is 2. The molecule has 0 fully saturated rings. The van der Waals surface area contributed by atoms with Crippen LogP contribution in [0, 0.1) is 13.8 Å². The van der Waals surface area contributed by atoms with Crippen molar-refractivity contribution in [3.05, 3.63) is 95.2 Å². The molecule has 42 heavy (non-hydrogen) atoms. The SMILES string of the molecule is Cc1cc(C)cc(CC(=O)Nc2nc3c(N(C)c4ccnc(Nc5ccc(CS(C)(=O)=O)cc5)n4)cccc3n2C)c1. The first kappa shape index (κ1) is 28.7. The van der Waals surface area contributed by atoms with Crippen molar-refractivity contribution in [2.24, 2.45) is 7.05 Å². The first-order chi connectivity index (χ1) is 19.9. The number of para-hydroxylation sites is 1. The van der Waals surface area contributed by atoms with E-state index in [4.69, 9.17) is 4.98 Å². The van der Waals surface area contributed by atoms with Crippen molar-refractivity contribution in [1.82, 2.24) is 19.5 Å². The molecule has 10 nitrogen and oxygen atoms in total. The second-order valence-electron chi connectivity index (χ2n) is 10.5. The number of carbonyl (C=O) groups excluding carboxylic acids is 1. The Balaban J connectivity index is 1.35. The minimum atomic E-state index is -3.11. The van der Waals surface area contributed by atoms with Crippen molar-refractivity contribution in [3.8, 4) is 0 Å². The van der Waals surface area contributed by atoms with E-state index in [0.717, 1.165) is 39.1 Å². The number of sulfone groups is 1. The fourth-order valence-electron chi connectivity index (χ4n) is 4.94.